The number of nitrogens with zero attached hydrogens (tertiary/aromatic N) is 1. The van der Waals surface area contributed by atoms with Gasteiger partial charge in [-0.05, 0) is 35.6 Å². The number of hydrogen-bond acceptors (Lipinski definition) is 5. The molecule has 0 spiro atoms. The molecule has 0 saturated heterocycles. The zero-order valence-corrected chi connectivity index (χ0v) is 12.6. The molecule has 7 heteroatoms. The van der Waals surface area contributed by atoms with Crippen molar-refractivity contribution in [3.63, 3.8) is 0 Å². The van der Waals surface area contributed by atoms with Crippen molar-refractivity contribution in [1.82, 2.24) is 10.3 Å². The third kappa shape index (κ3) is 4.03. The Kier molecular flexibility index (Phi) is 5.62. The summed E-state index contributed by atoms with van der Waals surface area (Å²) in [5.74, 6) is -0.345. The second-order valence-electron chi connectivity index (χ2n) is 5.06. The van der Waals surface area contributed by atoms with Crippen molar-refractivity contribution in [1.29, 1.82) is 0 Å². The van der Waals surface area contributed by atoms with Crippen molar-refractivity contribution < 1.29 is 19.6 Å². The maximum absolute atomic E-state index is 12.4. The molecule has 0 aliphatic rings. The van der Waals surface area contributed by atoms with Crippen LogP contribution in [0.5, 0.6) is 0 Å². The number of carbonyl (C=O) groups is 2. The van der Waals surface area contributed by atoms with Crippen LogP contribution in [0.1, 0.15) is 45.7 Å². The lowest BCUT2D eigenvalue weighted by Gasteiger charge is -2.17. The molecule has 0 aliphatic carbocycles. The number of rotatable bonds is 6. The van der Waals surface area contributed by atoms with Crippen LogP contribution in [0.15, 0.2) is 42.7 Å². The highest BCUT2D eigenvalue weighted by molar-refractivity contribution is 6.60. The standard InChI is InChI=1S/C16H17BN2O4/c1-2-15(12-4-3-7-18-9-12)19-16(21)11-5-6-14(17(22)23)13(8-11)10-20/h3-10,15,22-23H,2H2,1H3,(H,19,21). The topological polar surface area (TPSA) is 99.5 Å². The predicted molar refractivity (Wildman–Crippen MR) is 86.4 cm³/mol. The van der Waals surface area contributed by atoms with Crippen LogP contribution < -0.4 is 10.8 Å². The van der Waals surface area contributed by atoms with Gasteiger partial charge < -0.3 is 15.4 Å². The number of nitrogens with one attached hydrogen (secondary N) is 1. The number of carbonyl (C=O) groups excluding carboxylic acids is 2. The zero-order chi connectivity index (χ0) is 16.8. The molecule has 118 valence electrons. The van der Waals surface area contributed by atoms with Crippen molar-refractivity contribution in [2.45, 2.75) is 19.4 Å². The highest BCUT2D eigenvalue weighted by Gasteiger charge is 2.19. The fraction of sp³-hybridized carbons (Fsp3) is 0.188. The van der Waals surface area contributed by atoms with Gasteiger partial charge in [0.15, 0.2) is 0 Å². The monoisotopic (exact) mass is 312 g/mol. The Morgan fingerprint density at radius 1 is 1.39 bits per heavy atom. The third-order valence-electron chi connectivity index (χ3n) is 3.55. The molecule has 1 atom stereocenters. The molecule has 0 radical (unpaired) electrons. The van der Waals surface area contributed by atoms with Gasteiger partial charge in [-0.25, -0.2) is 0 Å². The van der Waals surface area contributed by atoms with Crippen LogP contribution in [0.25, 0.3) is 0 Å². The van der Waals surface area contributed by atoms with Crippen molar-refractivity contribution in [2.75, 3.05) is 0 Å². The van der Waals surface area contributed by atoms with Crippen LogP contribution in [0.4, 0.5) is 0 Å². The Balaban J connectivity index is 2.21. The summed E-state index contributed by atoms with van der Waals surface area (Å²) >= 11 is 0. The Hall–Kier alpha value is -2.51. The first kappa shape index (κ1) is 16.9. The Morgan fingerprint density at radius 3 is 2.74 bits per heavy atom. The number of benzene rings is 1. The van der Waals surface area contributed by atoms with E-state index in [-0.39, 0.29) is 28.5 Å². The largest absolute Gasteiger partial charge is 0.489 e. The maximum atomic E-state index is 12.4. The molecule has 0 saturated carbocycles. The van der Waals surface area contributed by atoms with Gasteiger partial charge in [0.2, 0.25) is 0 Å². The first-order chi connectivity index (χ1) is 11.1. The molecule has 1 unspecified atom stereocenters. The van der Waals surface area contributed by atoms with Crippen LogP contribution in [-0.2, 0) is 0 Å². The SMILES string of the molecule is CCC(NC(=O)c1ccc(B(O)O)c(C=O)c1)c1cccnc1. The summed E-state index contributed by atoms with van der Waals surface area (Å²) in [6.07, 6.45) is 4.53. The van der Waals surface area contributed by atoms with E-state index in [0.29, 0.717) is 12.7 Å². The summed E-state index contributed by atoms with van der Waals surface area (Å²) in [5, 5.41) is 21.3. The van der Waals surface area contributed by atoms with Gasteiger partial charge in [0.25, 0.3) is 5.91 Å². The normalized spacial score (nSPS) is 11.6. The van der Waals surface area contributed by atoms with E-state index < -0.39 is 7.12 Å². The minimum Gasteiger partial charge on any atom is -0.423 e. The van der Waals surface area contributed by atoms with Crippen molar-refractivity contribution in [2.24, 2.45) is 0 Å². The lowest BCUT2D eigenvalue weighted by molar-refractivity contribution is 0.0935. The van der Waals surface area contributed by atoms with Gasteiger partial charge in [-0.2, -0.15) is 0 Å². The average molecular weight is 312 g/mol. The van der Waals surface area contributed by atoms with Crippen LogP contribution in [0.3, 0.4) is 0 Å². The summed E-state index contributed by atoms with van der Waals surface area (Å²) in [7, 11) is -1.76. The van der Waals surface area contributed by atoms with E-state index in [4.69, 9.17) is 0 Å². The van der Waals surface area contributed by atoms with Crippen LogP contribution in [0, 0.1) is 0 Å². The summed E-state index contributed by atoms with van der Waals surface area (Å²) in [4.78, 5) is 27.4. The molecule has 1 amide bonds. The van der Waals surface area contributed by atoms with Gasteiger partial charge in [0, 0.05) is 23.5 Å². The number of aldehydes is 1. The molecule has 1 aromatic heterocycles. The third-order valence-corrected chi connectivity index (χ3v) is 3.55. The van der Waals surface area contributed by atoms with Crippen molar-refractivity contribution >= 4 is 24.8 Å². The lowest BCUT2D eigenvalue weighted by Crippen LogP contribution is -2.34. The summed E-state index contributed by atoms with van der Waals surface area (Å²) in [6.45, 7) is 1.94. The first-order valence-corrected chi connectivity index (χ1v) is 7.22. The molecular weight excluding hydrogens is 295 g/mol. The smallest absolute Gasteiger partial charge is 0.423 e. The van der Waals surface area contributed by atoms with Crippen LogP contribution >= 0.6 is 0 Å². The van der Waals surface area contributed by atoms with E-state index >= 15 is 0 Å². The van der Waals surface area contributed by atoms with E-state index in [9.17, 15) is 19.6 Å². The second kappa shape index (κ2) is 7.67. The Morgan fingerprint density at radius 2 is 2.17 bits per heavy atom. The van der Waals surface area contributed by atoms with Crippen molar-refractivity contribution in [3.8, 4) is 0 Å². The van der Waals surface area contributed by atoms with Gasteiger partial charge >= 0.3 is 7.12 Å². The Bertz CT molecular complexity index is 692. The highest BCUT2D eigenvalue weighted by Crippen LogP contribution is 2.16. The predicted octanol–water partition coefficient (Wildman–Crippen LogP) is 0.455. The molecule has 1 aromatic carbocycles. The number of pyridine rings is 1. The van der Waals surface area contributed by atoms with Crippen LogP contribution in [0.2, 0.25) is 0 Å². The minimum atomic E-state index is -1.76. The Labute approximate surface area is 134 Å². The average Bonchev–Trinajstić information content (AvgIpc) is 2.59. The fourth-order valence-corrected chi connectivity index (χ4v) is 2.30. The minimum absolute atomic E-state index is 0.0656. The zero-order valence-electron chi connectivity index (χ0n) is 12.6. The van der Waals surface area contributed by atoms with Crippen molar-refractivity contribution in [3.05, 3.63) is 59.4 Å². The molecule has 0 fully saturated rings. The van der Waals surface area contributed by atoms with E-state index in [2.05, 4.69) is 10.3 Å². The summed E-state index contributed by atoms with van der Waals surface area (Å²) in [6, 6.07) is 7.63. The van der Waals surface area contributed by atoms with E-state index in [1.54, 1.807) is 18.5 Å². The molecule has 6 nitrogen and oxygen atoms in total. The van der Waals surface area contributed by atoms with Gasteiger partial charge in [0.1, 0.15) is 6.29 Å². The van der Waals surface area contributed by atoms with Gasteiger partial charge in [-0.15, -0.1) is 0 Å². The van der Waals surface area contributed by atoms with Gasteiger partial charge in [0.05, 0.1) is 6.04 Å². The molecule has 0 aliphatic heterocycles. The summed E-state index contributed by atoms with van der Waals surface area (Å²) in [5.41, 5.74) is 1.30. The lowest BCUT2D eigenvalue weighted by atomic mass is 9.77. The maximum Gasteiger partial charge on any atom is 0.489 e. The van der Waals surface area contributed by atoms with E-state index in [1.165, 1.54) is 18.2 Å². The number of hydrogen-bond donors (Lipinski definition) is 3. The summed E-state index contributed by atoms with van der Waals surface area (Å²) < 4.78 is 0. The molecule has 2 aromatic rings. The van der Waals surface area contributed by atoms with Crippen LogP contribution in [-0.4, -0.2) is 34.3 Å². The van der Waals surface area contributed by atoms with E-state index in [0.717, 1.165) is 5.56 Å². The van der Waals surface area contributed by atoms with Gasteiger partial charge in [-0.1, -0.05) is 19.1 Å². The number of aromatic nitrogens is 1. The van der Waals surface area contributed by atoms with E-state index in [1.807, 2.05) is 13.0 Å². The number of amides is 1. The highest BCUT2D eigenvalue weighted by atomic mass is 16.4. The van der Waals surface area contributed by atoms with Gasteiger partial charge in [-0.3, -0.25) is 14.6 Å². The fourth-order valence-electron chi connectivity index (χ4n) is 2.30. The quantitative estimate of drug-likeness (QED) is 0.531. The first-order valence-electron chi connectivity index (χ1n) is 7.22. The molecular formula is C16H17BN2O4. The molecule has 1 heterocycles. The molecule has 2 rings (SSSR count). The molecule has 23 heavy (non-hydrogen) atoms. The molecule has 0 bridgehead atoms. The molecule has 3 N–H and O–H groups in total. The second-order valence-corrected chi connectivity index (χ2v) is 5.06.